The fraction of sp³-hybridized carbons (Fsp3) is 0.231. The number of rotatable bonds is 5. The van der Waals surface area contributed by atoms with Crippen molar-refractivity contribution in [3.05, 3.63) is 46.9 Å². The summed E-state index contributed by atoms with van der Waals surface area (Å²) in [5.41, 5.74) is 1.06. The molecule has 0 amide bonds. The summed E-state index contributed by atoms with van der Waals surface area (Å²) in [6.45, 7) is 0. The van der Waals surface area contributed by atoms with Gasteiger partial charge in [0.1, 0.15) is 4.91 Å². The van der Waals surface area contributed by atoms with E-state index in [9.17, 15) is 9.59 Å². The maximum atomic E-state index is 11.5. The van der Waals surface area contributed by atoms with Crippen molar-refractivity contribution in [1.82, 2.24) is 0 Å². The first kappa shape index (κ1) is 14.3. The summed E-state index contributed by atoms with van der Waals surface area (Å²) in [5, 5.41) is 0. The fourth-order valence-corrected chi connectivity index (χ4v) is 2.06. The lowest BCUT2D eigenvalue weighted by molar-refractivity contribution is -0.137. The van der Waals surface area contributed by atoms with Gasteiger partial charge in [-0.15, -0.1) is 11.8 Å². The Hall–Kier alpha value is -1.75. The number of hydrogen-bond donors (Lipinski definition) is 0. The quantitative estimate of drug-likeness (QED) is 0.604. The summed E-state index contributed by atoms with van der Waals surface area (Å²) < 4.78 is 9.10. The molecule has 0 unspecified atom stereocenters. The van der Waals surface area contributed by atoms with Crippen molar-refractivity contribution in [2.24, 2.45) is 0 Å². The van der Waals surface area contributed by atoms with E-state index in [0.717, 1.165) is 11.6 Å². The molecule has 0 fully saturated rings. The van der Waals surface area contributed by atoms with Crippen molar-refractivity contribution in [3.63, 3.8) is 0 Å². The lowest BCUT2D eigenvalue weighted by Gasteiger charge is -2.05. The third-order valence-electron chi connectivity index (χ3n) is 2.07. The van der Waals surface area contributed by atoms with Crippen molar-refractivity contribution in [2.45, 2.75) is 5.75 Å². The summed E-state index contributed by atoms with van der Waals surface area (Å²) >= 11 is 1.24. The standard InChI is InChI=1S/C13H14O4S/c1-16-12(14)8-11(13(15)17-2)18-9-10-6-4-3-5-7-10/h3-8H,9H2,1-2H3/b11-8-. The van der Waals surface area contributed by atoms with E-state index in [2.05, 4.69) is 9.47 Å². The van der Waals surface area contributed by atoms with Crippen LogP contribution >= 0.6 is 11.8 Å². The van der Waals surface area contributed by atoms with Gasteiger partial charge < -0.3 is 9.47 Å². The Balaban J connectivity index is 2.71. The molecule has 0 atom stereocenters. The van der Waals surface area contributed by atoms with Crippen LogP contribution in [0, 0.1) is 0 Å². The van der Waals surface area contributed by atoms with Crippen LogP contribution in [-0.2, 0) is 24.8 Å². The van der Waals surface area contributed by atoms with Crippen LogP contribution in [0.2, 0.25) is 0 Å². The molecule has 0 bridgehead atoms. The van der Waals surface area contributed by atoms with Crippen LogP contribution in [0.3, 0.4) is 0 Å². The van der Waals surface area contributed by atoms with Crippen LogP contribution in [-0.4, -0.2) is 26.2 Å². The van der Waals surface area contributed by atoms with E-state index in [1.54, 1.807) is 0 Å². The van der Waals surface area contributed by atoms with Gasteiger partial charge in [0, 0.05) is 11.8 Å². The first-order chi connectivity index (χ1) is 8.67. The van der Waals surface area contributed by atoms with Crippen molar-refractivity contribution >= 4 is 23.7 Å². The summed E-state index contributed by atoms with van der Waals surface area (Å²) in [6, 6.07) is 9.63. The van der Waals surface area contributed by atoms with Crippen LogP contribution in [0.15, 0.2) is 41.3 Å². The second kappa shape index (κ2) is 7.55. The highest BCUT2D eigenvalue weighted by atomic mass is 32.2. The average Bonchev–Trinajstić information content (AvgIpc) is 2.43. The van der Waals surface area contributed by atoms with E-state index in [0.29, 0.717) is 5.75 Å². The van der Waals surface area contributed by atoms with Crippen molar-refractivity contribution in [1.29, 1.82) is 0 Å². The molecule has 1 rings (SSSR count). The van der Waals surface area contributed by atoms with Crippen LogP contribution in [0.5, 0.6) is 0 Å². The molecular weight excluding hydrogens is 252 g/mol. The molecule has 1 aromatic carbocycles. The first-order valence-corrected chi connectivity index (χ1v) is 6.20. The number of ether oxygens (including phenoxy) is 2. The second-order valence-electron chi connectivity index (χ2n) is 3.30. The molecule has 0 N–H and O–H groups in total. The summed E-state index contributed by atoms with van der Waals surface area (Å²) in [5.74, 6) is -0.532. The Bertz CT molecular complexity index is 440. The van der Waals surface area contributed by atoms with Crippen LogP contribution < -0.4 is 0 Å². The minimum absolute atomic E-state index is 0.230. The molecule has 0 aromatic heterocycles. The van der Waals surface area contributed by atoms with Gasteiger partial charge in [0.15, 0.2) is 0 Å². The SMILES string of the molecule is COC(=O)/C=C(\SCc1ccccc1)C(=O)OC. The summed E-state index contributed by atoms with van der Waals surface area (Å²) in [4.78, 5) is 22.8. The maximum absolute atomic E-state index is 11.5. The molecule has 0 aliphatic carbocycles. The molecule has 0 spiro atoms. The minimum Gasteiger partial charge on any atom is -0.466 e. The van der Waals surface area contributed by atoms with Crippen LogP contribution in [0.4, 0.5) is 0 Å². The lowest BCUT2D eigenvalue weighted by atomic mass is 10.2. The highest BCUT2D eigenvalue weighted by Crippen LogP contribution is 2.22. The van der Waals surface area contributed by atoms with Gasteiger partial charge in [-0.2, -0.15) is 0 Å². The number of hydrogen-bond acceptors (Lipinski definition) is 5. The number of carbonyl (C=O) groups excluding carboxylic acids is 2. The predicted molar refractivity (Wildman–Crippen MR) is 69.9 cm³/mol. The Morgan fingerprint density at radius 1 is 1.17 bits per heavy atom. The smallest absolute Gasteiger partial charge is 0.344 e. The molecule has 0 saturated carbocycles. The highest BCUT2D eigenvalue weighted by molar-refractivity contribution is 8.03. The van der Waals surface area contributed by atoms with Crippen molar-refractivity contribution in [2.75, 3.05) is 14.2 Å². The van der Waals surface area contributed by atoms with E-state index in [1.807, 2.05) is 30.3 Å². The zero-order valence-corrected chi connectivity index (χ0v) is 11.0. The zero-order chi connectivity index (χ0) is 13.4. The van der Waals surface area contributed by atoms with Crippen molar-refractivity contribution in [3.8, 4) is 0 Å². The molecule has 0 aliphatic heterocycles. The predicted octanol–water partition coefficient (Wildman–Crippen LogP) is 2.15. The van der Waals surface area contributed by atoms with E-state index < -0.39 is 11.9 Å². The van der Waals surface area contributed by atoms with Gasteiger partial charge in [-0.3, -0.25) is 0 Å². The third-order valence-corrected chi connectivity index (χ3v) is 3.15. The average molecular weight is 266 g/mol. The number of esters is 2. The fourth-order valence-electron chi connectivity index (χ4n) is 1.16. The van der Waals surface area contributed by atoms with Gasteiger partial charge in [-0.1, -0.05) is 30.3 Å². The topological polar surface area (TPSA) is 52.6 Å². The van der Waals surface area contributed by atoms with Gasteiger partial charge in [0.25, 0.3) is 0 Å². The molecule has 5 heteroatoms. The Kier molecular flexibility index (Phi) is 6.00. The third kappa shape index (κ3) is 4.63. The zero-order valence-electron chi connectivity index (χ0n) is 10.2. The summed E-state index contributed by atoms with van der Waals surface area (Å²) in [7, 11) is 2.53. The molecule has 0 saturated heterocycles. The van der Waals surface area contributed by atoms with Gasteiger partial charge in [0.05, 0.1) is 14.2 Å². The Morgan fingerprint density at radius 3 is 2.39 bits per heavy atom. The van der Waals surface area contributed by atoms with Gasteiger partial charge in [-0.25, -0.2) is 9.59 Å². The lowest BCUT2D eigenvalue weighted by Crippen LogP contribution is -2.06. The minimum atomic E-state index is -0.573. The van der Waals surface area contributed by atoms with E-state index >= 15 is 0 Å². The molecule has 96 valence electrons. The van der Waals surface area contributed by atoms with Crippen LogP contribution in [0.1, 0.15) is 5.56 Å². The molecule has 0 aliphatic rings. The van der Waals surface area contributed by atoms with Crippen LogP contribution in [0.25, 0.3) is 0 Å². The monoisotopic (exact) mass is 266 g/mol. The summed E-state index contributed by atoms with van der Waals surface area (Å²) in [6.07, 6.45) is 1.14. The van der Waals surface area contributed by atoms with Gasteiger partial charge in [0.2, 0.25) is 0 Å². The van der Waals surface area contributed by atoms with E-state index in [1.165, 1.54) is 26.0 Å². The molecule has 1 aromatic rings. The Labute approximate surface area is 110 Å². The van der Waals surface area contributed by atoms with E-state index in [-0.39, 0.29) is 4.91 Å². The first-order valence-electron chi connectivity index (χ1n) is 5.22. The van der Waals surface area contributed by atoms with Gasteiger partial charge in [-0.05, 0) is 5.56 Å². The molecular formula is C13H14O4S. The molecule has 4 nitrogen and oxygen atoms in total. The van der Waals surface area contributed by atoms with Crippen molar-refractivity contribution < 1.29 is 19.1 Å². The number of benzene rings is 1. The molecule has 0 heterocycles. The molecule has 0 radical (unpaired) electrons. The second-order valence-corrected chi connectivity index (χ2v) is 4.31. The number of carbonyl (C=O) groups is 2. The number of thioether (sulfide) groups is 1. The van der Waals surface area contributed by atoms with Gasteiger partial charge >= 0.3 is 11.9 Å². The normalized spacial score (nSPS) is 10.9. The molecule has 18 heavy (non-hydrogen) atoms. The Morgan fingerprint density at radius 2 is 1.83 bits per heavy atom. The van der Waals surface area contributed by atoms with E-state index in [4.69, 9.17) is 0 Å². The largest absolute Gasteiger partial charge is 0.466 e. The highest BCUT2D eigenvalue weighted by Gasteiger charge is 2.13. The number of methoxy groups -OCH3 is 2. The maximum Gasteiger partial charge on any atom is 0.344 e.